The van der Waals surface area contributed by atoms with Crippen LogP contribution in [0.1, 0.15) is 29.1 Å². The van der Waals surface area contributed by atoms with E-state index in [0.717, 1.165) is 25.9 Å². The summed E-state index contributed by atoms with van der Waals surface area (Å²) < 4.78 is 5.46. The Hall–Kier alpha value is -3.42. The first-order chi connectivity index (χ1) is 13.0. The third-order valence-electron chi connectivity index (χ3n) is 4.63. The monoisotopic (exact) mass is 366 g/mol. The predicted octanol–water partition coefficient (Wildman–Crippen LogP) is 3.90. The maximum absolute atomic E-state index is 12.6. The number of oxazole rings is 1. The second kappa shape index (κ2) is 6.71. The highest BCUT2D eigenvalue weighted by molar-refractivity contribution is 6.05. The molecule has 1 aromatic heterocycles. The van der Waals surface area contributed by atoms with Gasteiger partial charge in [0.1, 0.15) is 11.2 Å². The van der Waals surface area contributed by atoms with E-state index in [4.69, 9.17) is 4.42 Å². The van der Waals surface area contributed by atoms with E-state index < -0.39 is 10.8 Å². The van der Waals surface area contributed by atoms with Crippen LogP contribution in [0.15, 0.2) is 40.8 Å². The number of hydrogen-bond acceptors (Lipinski definition) is 6. The van der Waals surface area contributed by atoms with Crippen molar-refractivity contribution < 1.29 is 14.1 Å². The van der Waals surface area contributed by atoms with Gasteiger partial charge in [-0.25, -0.2) is 4.98 Å². The summed E-state index contributed by atoms with van der Waals surface area (Å²) in [5, 5.41) is 14.2. The molecule has 0 spiro atoms. The maximum atomic E-state index is 12.6. The number of amides is 1. The summed E-state index contributed by atoms with van der Waals surface area (Å²) in [7, 11) is 0. The Bertz CT molecular complexity index is 1040. The highest BCUT2D eigenvalue weighted by Gasteiger charge is 2.24. The average Bonchev–Trinajstić information content (AvgIpc) is 3.29. The Kier molecular flexibility index (Phi) is 4.23. The lowest BCUT2D eigenvalue weighted by Crippen LogP contribution is -2.19. The van der Waals surface area contributed by atoms with E-state index in [1.54, 1.807) is 37.3 Å². The molecule has 0 radical (unpaired) electrons. The molecule has 0 saturated carbocycles. The molecular formula is C19H18N4O4. The zero-order valence-electron chi connectivity index (χ0n) is 14.8. The number of aryl methyl sites for hydroxylation is 1. The standard InChI is InChI=1S/C19H18N4O4/c1-12-20-15-6-5-14(11-18(15)27-12)21-19(24)13-4-7-16(17(10-13)23(25)26)22-8-2-3-9-22/h4-7,10-11H,2-3,8-9H2,1H3,(H,21,24). The fourth-order valence-corrected chi connectivity index (χ4v) is 3.36. The lowest BCUT2D eigenvalue weighted by atomic mass is 10.1. The predicted molar refractivity (Wildman–Crippen MR) is 101 cm³/mol. The summed E-state index contributed by atoms with van der Waals surface area (Å²) in [4.78, 5) is 29.8. The first-order valence-corrected chi connectivity index (χ1v) is 8.73. The number of aromatic nitrogens is 1. The van der Waals surface area contributed by atoms with E-state index in [9.17, 15) is 14.9 Å². The molecule has 3 aromatic rings. The number of nitro groups is 1. The third kappa shape index (κ3) is 3.33. The SMILES string of the molecule is Cc1nc2ccc(NC(=O)c3ccc(N4CCCC4)c([N+](=O)[O-])c3)cc2o1. The molecule has 1 saturated heterocycles. The molecular weight excluding hydrogens is 348 g/mol. The van der Waals surface area contributed by atoms with Crippen LogP contribution in [0, 0.1) is 17.0 Å². The fourth-order valence-electron chi connectivity index (χ4n) is 3.36. The van der Waals surface area contributed by atoms with Crippen molar-refractivity contribution in [2.45, 2.75) is 19.8 Å². The number of carbonyl (C=O) groups is 1. The zero-order valence-corrected chi connectivity index (χ0v) is 14.8. The van der Waals surface area contributed by atoms with Crippen molar-refractivity contribution in [2.75, 3.05) is 23.3 Å². The topological polar surface area (TPSA) is 102 Å². The van der Waals surface area contributed by atoms with Crippen LogP contribution >= 0.6 is 0 Å². The summed E-state index contributed by atoms with van der Waals surface area (Å²) in [6.45, 7) is 3.34. The average molecular weight is 366 g/mol. The van der Waals surface area contributed by atoms with Gasteiger partial charge in [-0.3, -0.25) is 14.9 Å². The van der Waals surface area contributed by atoms with Crippen molar-refractivity contribution in [3.05, 3.63) is 58.0 Å². The Morgan fingerprint density at radius 1 is 1.22 bits per heavy atom. The number of hydrogen-bond donors (Lipinski definition) is 1. The normalized spacial score (nSPS) is 13.9. The maximum Gasteiger partial charge on any atom is 0.293 e. The minimum Gasteiger partial charge on any atom is -0.441 e. The molecule has 1 fully saturated rings. The van der Waals surface area contributed by atoms with Gasteiger partial charge in [0.2, 0.25) is 0 Å². The van der Waals surface area contributed by atoms with Crippen molar-refractivity contribution in [1.82, 2.24) is 4.98 Å². The van der Waals surface area contributed by atoms with Gasteiger partial charge in [-0.1, -0.05) is 0 Å². The fraction of sp³-hybridized carbons (Fsp3) is 0.263. The van der Waals surface area contributed by atoms with E-state index in [1.807, 2.05) is 4.90 Å². The van der Waals surface area contributed by atoms with Gasteiger partial charge >= 0.3 is 0 Å². The van der Waals surface area contributed by atoms with Crippen molar-refractivity contribution in [2.24, 2.45) is 0 Å². The van der Waals surface area contributed by atoms with E-state index in [1.165, 1.54) is 6.07 Å². The quantitative estimate of drug-likeness (QED) is 0.555. The largest absolute Gasteiger partial charge is 0.441 e. The Morgan fingerprint density at radius 2 is 2.00 bits per heavy atom. The van der Waals surface area contributed by atoms with Crippen molar-refractivity contribution >= 4 is 34.1 Å². The molecule has 1 aliphatic rings. The zero-order chi connectivity index (χ0) is 19.0. The van der Waals surface area contributed by atoms with Crippen LogP contribution in [0.4, 0.5) is 17.1 Å². The first kappa shape index (κ1) is 17.0. The van der Waals surface area contributed by atoms with Crippen LogP contribution in [0.25, 0.3) is 11.1 Å². The minimum absolute atomic E-state index is 0.0501. The van der Waals surface area contributed by atoms with Gasteiger partial charge in [-0.05, 0) is 37.1 Å². The lowest BCUT2D eigenvalue weighted by molar-refractivity contribution is -0.384. The molecule has 0 aliphatic carbocycles. The van der Waals surface area contributed by atoms with Crippen molar-refractivity contribution in [1.29, 1.82) is 0 Å². The van der Waals surface area contributed by atoms with Crippen LogP contribution in [0.5, 0.6) is 0 Å². The van der Waals surface area contributed by atoms with Crippen LogP contribution in [-0.4, -0.2) is 28.9 Å². The first-order valence-electron chi connectivity index (χ1n) is 8.73. The molecule has 1 amide bonds. The van der Waals surface area contributed by atoms with Crippen LogP contribution in [0.2, 0.25) is 0 Å². The smallest absolute Gasteiger partial charge is 0.293 e. The number of rotatable bonds is 4. The third-order valence-corrected chi connectivity index (χ3v) is 4.63. The summed E-state index contributed by atoms with van der Waals surface area (Å²) >= 11 is 0. The molecule has 1 N–H and O–H groups in total. The lowest BCUT2D eigenvalue weighted by Gasteiger charge is -2.17. The van der Waals surface area contributed by atoms with Crippen LogP contribution in [0.3, 0.4) is 0 Å². The molecule has 8 nitrogen and oxygen atoms in total. The number of nitrogens with zero attached hydrogens (tertiary/aromatic N) is 3. The summed E-state index contributed by atoms with van der Waals surface area (Å²) in [5.74, 6) is 0.128. The van der Waals surface area contributed by atoms with Gasteiger partial charge in [-0.2, -0.15) is 0 Å². The van der Waals surface area contributed by atoms with E-state index in [2.05, 4.69) is 10.3 Å². The van der Waals surface area contributed by atoms with Crippen LogP contribution in [-0.2, 0) is 0 Å². The molecule has 2 aromatic carbocycles. The molecule has 2 heterocycles. The van der Waals surface area contributed by atoms with Gasteiger partial charge in [0.15, 0.2) is 11.5 Å². The number of carbonyl (C=O) groups excluding carboxylic acids is 1. The second-order valence-corrected chi connectivity index (χ2v) is 6.52. The molecule has 27 heavy (non-hydrogen) atoms. The van der Waals surface area contributed by atoms with Crippen LogP contribution < -0.4 is 10.2 Å². The van der Waals surface area contributed by atoms with Crippen molar-refractivity contribution in [3.63, 3.8) is 0 Å². The molecule has 0 unspecified atom stereocenters. The molecule has 0 atom stereocenters. The molecule has 8 heteroatoms. The highest BCUT2D eigenvalue weighted by atomic mass is 16.6. The summed E-state index contributed by atoms with van der Waals surface area (Å²) in [6.07, 6.45) is 2.03. The minimum atomic E-state index is -0.437. The van der Waals surface area contributed by atoms with Gasteiger partial charge < -0.3 is 14.6 Å². The van der Waals surface area contributed by atoms with Gasteiger partial charge in [-0.15, -0.1) is 0 Å². The number of anilines is 2. The molecule has 4 rings (SSSR count). The number of benzene rings is 2. The molecule has 138 valence electrons. The molecule has 1 aliphatic heterocycles. The summed E-state index contributed by atoms with van der Waals surface area (Å²) in [6, 6.07) is 9.75. The number of nitrogens with one attached hydrogen (secondary N) is 1. The Morgan fingerprint density at radius 3 is 2.74 bits per heavy atom. The van der Waals surface area contributed by atoms with E-state index in [-0.39, 0.29) is 11.3 Å². The molecule has 0 bridgehead atoms. The van der Waals surface area contributed by atoms with Gasteiger partial charge in [0.25, 0.3) is 11.6 Å². The Balaban J connectivity index is 1.60. The number of fused-ring (bicyclic) bond motifs is 1. The van der Waals surface area contributed by atoms with Crippen molar-refractivity contribution in [3.8, 4) is 0 Å². The number of nitro benzene ring substituents is 1. The van der Waals surface area contributed by atoms with E-state index in [0.29, 0.717) is 28.4 Å². The van der Waals surface area contributed by atoms with Gasteiger partial charge in [0.05, 0.1) is 4.92 Å². The highest BCUT2D eigenvalue weighted by Crippen LogP contribution is 2.32. The van der Waals surface area contributed by atoms with Gasteiger partial charge in [0, 0.05) is 43.4 Å². The van der Waals surface area contributed by atoms with E-state index >= 15 is 0 Å². The summed E-state index contributed by atoms with van der Waals surface area (Å²) in [5.41, 5.74) is 2.56. The Labute approximate surface area is 154 Å². The second-order valence-electron chi connectivity index (χ2n) is 6.52.